The third kappa shape index (κ3) is 3.72. The lowest BCUT2D eigenvalue weighted by atomic mass is 10.1. The molecule has 0 amide bonds. The first-order valence-electron chi connectivity index (χ1n) is 5.91. The normalized spacial score (nSPS) is 11.9. The maximum Gasteiger partial charge on any atom is 0.138 e. The first kappa shape index (κ1) is 16.0. The van der Waals surface area contributed by atoms with Crippen LogP contribution in [0.5, 0.6) is 0 Å². The first-order valence-corrected chi connectivity index (χ1v) is 6.45. The van der Waals surface area contributed by atoms with Crippen LogP contribution in [-0.4, -0.2) is 16.7 Å². The highest BCUT2D eigenvalue weighted by Crippen LogP contribution is 2.20. The zero-order chi connectivity index (χ0) is 13.0. The summed E-state index contributed by atoms with van der Waals surface area (Å²) >= 11 is 5.93. The van der Waals surface area contributed by atoms with Crippen LogP contribution in [0.2, 0.25) is 0 Å². The van der Waals surface area contributed by atoms with Gasteiger partial charge in [-0.15, -0.1) is 24.0 Å². The van der Waals surface area contributed by atoms with Gasteiger partial charge in [0.2, 0.25) is 0 Å². The van der Waals surface area contributed by atoms with Crippen molar-refractivity contribution >= 4 is 24.0 Å². The molecule has 0 radical (unpaired) electrons. The van der Waals surface area contributed by atoms with Gasteiger partial charge in [0.25, 0.3) is 0 Å². The Morgan fingerprint density at radius 1 is 1.32 bits per heavy atom. The average molecular weight is 301 g/mol. The molecule has 0 aliphatic heterocycles. The van der Waals surface area contributed by atoms with Crippen LogP contribution in [0.4, 0.5) is 0 Å². The number of aryl methyl sites for hydroxylation is 1. The zero-order valence-electron chi connectivity index (χ0n) is 11.0. The van der Waals surface area contributed by atoms with E-state index < -0.39 is 0 Å². The van der Waals surface area contributed by atoms with Gasteiger partial charge >= 0.3 is 0 Å². The topological polar surface area (TPSA) is 27.1 Å². The Kier molecular flexibility index (Phi) is 6.35. The number of halogens is 2. The van der Waals surface area contributed by atoms with E-state index in [0.717, 1.165) is 17.9 Å². The summed E-state index contributed by atoms with van der Waals surface area (Å²) in [7, 11) is 1.71. The highest BCUT2D eigenvalue weighted by atomic mass is 35.5. The molecule has 1 heterocycles. The van der Waals surface area contributed by atoms with Crippen LogP contribution in [-0.2, 0) is 17.0 Å². The summed E-state index contributed by atoms with van der Waals surface area (Å²) in [6.45, 7) is 1.97. The standard InChI is InChI=1S/C14H17ClN2O.ClH/c1-11-16-10-13(9-15)17(11)14(18-2)8-12-6-4-3-5-7-12;/h3-7,10,14H,8-9H2,1-2H3;1H. The fourth-order valence-corrected chi connectivity index (χ4v) is 2.29. The van der Waals surface area contributed by atoms with Crippen LogP contribution in [0.15, 0.2) is 36.5 Å². The third-order valence-electron chi connectivity index (χ3n) is 3.01. The van der Waals surface area contributed by atoms with Gasteiger partial charge in [0.05, 0.1) is 11.6 Å². The molecular weight excluding hydrogens is 283 g/mol. The summed E-state index contributed by atoms with van der Waals surface area (Å²) in [5.41, 5.74) is 2.22. The van der Waals surface area contributed by atoms with Crippen LogP contribution >= 0.6 is 24.0 Å². The molecule has 3 nitrogen and oxygen atoms in total. The van der Waals surface area contributed by atoms with Gasteiger partial charge in [-0.3, -0.25) is 0 Å². The van der Waals surface area contributed by atoms with E-state index in [1.54, 1.807) is 13.3 Å². The van der Waals surface area contributed by atoms with E-state index in [4.69, 9.17) is 16.3 Å². The molecule has 1 atom stereocenters. The van der Waals surface area contributed by atoms with Crippen LogP contribution in [0, 0.1) is 6.92 Å². The van der Waals surface area contributed by atoms with Crippen LogP contribution < -0.4 is 0 Å². The number of hydrogen-bond donors (Lipinski definition) is 0. The van der Waals surface area contributed by atoms with Gasteiger partial charge in [-0.05, 0) is 12.5 Å². The van der Waals surface area contributed by atoms with E-state index in [2.05, 4.69) is 21.7 Å². The molecule has 1 aromatic heterocycles. The number of rotatable bonds is 5. The number of imidazole rings is 1. The number of hydrogen-bond acceptors (Lipinski definition) is 2. The second-order valence-electron chi connectivity index (χ2n) is 4.18. The third-order valence-corrected chi connectivity index (χ3v) is 3.28. The van der Waals surface area contributed by atoms with Gasteiger partial charge in [-0.25, -0.2) is 4.98 Å². The molecule has 0 saturated carbocycles. The number of methoxy groups -OCH3 is 1. The summed E-state index contributed by atoms with van der Waals surface area (Å²) in [4.78, 5) is 4.30. The van der Waals surface area contributed by atoms with Crippen LogP contribution in [0.3, 0.4) is 0 Å². The van der Waals surface area contributed by atoms with Gasteiger partial charge in [-0.2, -0.15) is 0 Å². The van der Waals surface area contributed by atoms with E-state index in [9.17, 15) is 0 Å². The van der Waals surface area contributed by atoms with Crippen molar-refractivity contribution in [3.63, 3.8) is 0 Å². The first-order chi connectivity index (χ1) is 8.76. The Hall–Kier alpha value is -1.03. The Morgan fingerprint density at radius 3 is 2.58 bits per heavy atom. The molecule has 104 valence electrons. The summed E-state index contributed by atoms with van der Waals surface area (Å²) in [6, 6.07) is 10.3. The number of ether oxygens (including phenoxy) is 1. The quantitative estimate of drug-likeness (QED) is 0.787. The molecule has 2 rings (SSSR count). The average Bonchev–Trinajstić information content (AvgIpc) is 2.78. The van der Waals surface area contributed by atoms with Crippen LogP contribution in [0.1, 0.15) is 23.3 Å². The minimum atomic E-state index is -0.0661. The maximum atomic E-state index is 5.93. The van der Waals surface area contributed by atoms with Crippen molar-refractivity contribution in [2.75, 3.05) is 7.11 Å². The van der Waals surface area contributed by atoms with Crippen molar-refractivity contribution in [3.8, 4) is 0 Å². The smallest absolute Gasteiger partial charge is 0.138 e. The summed E-state index contributed by atoms with van der Waals surface area (Å²) < 4.78 is 7.64. The predicted molar refractivity (Wildman–Crippen MR) is 80.0 cm³/mol. The number of benzene rings is 1. The fourth-order valence-electron chi connectivity index (χ4n) is 2.09. The van der Waals surface area contributed by atoms with E-state index >= 15 is 0 Å². The lowest BCUT2D eigenvalue weighted by Gasteiger charge is -2.20. The fraction of sp³-hybridized carbons (Fsp3) is 0.357. The van der Waals surface area contributed by atoms with Crippen LogP contribution in [0.25, 0.3) is 0 Å². The van der Waals surface area contributed by atoms with Crippen molar-refractivity contribution in [2.24, 2.45) is 0 Å². The molecule has 2 aromatic rings. The molecule has 1 unspecified atom stereocenters. The lowest BCUT2D eigenvalue weighted by molar-refractivity contribution is 0.0412. The van der Waals surface area contributed by atoms with E-state index in [-0.39, 0.29) is 18.6 Å². The molecule has 1 aromatic carbocycles. The van der Waals surface area contributed by atoms with Gasteiger partial charge in [0.1, 0.15) is 12.1 Å². The number of alkyl halides is 1. The van der Waals surface area contributed by atoms with Crippen molar-refractivity contribution < 1.29 is 4.74 Å². The Labute approximate surface area is 125 Å². The second-order valence-corrected chi connectivity index (χ2v) is 4.45. The Bertz CT molecular complexity index is 499. The predicted octanol–water partition coefficient (Wildman–Crippen LogP) is 3.74. The van der Waals surface area contributed by atoms with Gasteiger partial charge in [-0.1, -0.05) is 30.3 Å². The second kappa shape index (κ2) is 7.53. The highest BCUT2D eigenvalue weighted by molar-refractivity contribution is 6.16. The molecule has 0 N–H and O–H groups in total. The Balaban J connectivity index is 0.00000180. The van der Waals surface area contributed by atoms with E-state index in [1.807, 2.05) is 25.1 Å². The largest absolute Gasteiger partial charge is 0.361 e. The molecule has 0 bridgehead atoms. The summed E-state index contributed by atoms with van der Waals surface area (Å²) in [6.07, 6.45) is 2.54. The van der Waals surface area contributed by atoms with Crippen molar-refractivity contribution in [1.82, 2.24) is 9.55 Å². The minimum Gasteiger partial charge on any atom is -0.361 e. The van der Waals surface area contributed by atoms with E-state index in [0.29, 0.717) is 5.88 Å². The van der Waals surface area contributed by atoms with Crippen molar-refractivity contribution in [3.05, 3.63) is 53.6 Å². The Morgan fingerprint density at radius 2 is 2.00 bits per heavy atom. The molecule has 5 heteroatoms. The van der Waals surface area contributed by atoms with E-state index in [1.165, 1.54) is 5.56 Å². The lowest BCUT2D eigenvalue weighted by Crippen LogP contribution is -2.17. The van der Waals surface area contributed by atoms with Gasteiger partial charge in [0.15, 0.2) is 0 Å². The highest BCUT2D eigenvalue weighted by Gasteiger charge is 2.16. The summed E-state index contributed by atoms with van der Waals surface area (Å²) in [5, 5.41) is 0. The molecule has 0 aliphatic carbocycles. The minimum absolute atomic E-state index is 0. The molecule has 0 aliphatic rings. The zero-order valence-corrected chi connectivity index (χ0v) is 12.6. The SMILES string of the molecule is COC(Cc1ccccc1)n1c(CCl)cnc1C.Cl. The van der Waals surface area contributed by atoms with Gasteiger partial charge < -0.3 is 9.30 Å². The van der Waals surface area contributed by atoms with Crippen molar-refractivity contribution in [2.45, 2.75) is 25.5 Å². The number of aromatic nitrogens is 2. The molecular formula is C14H18Cl2N2O. The maximum absolute atomic E-state index is 5.93. The molecule has 19 heavy (non-hydrogen) atoms. The monoisotopic (exact) mass is 300 g/mol. The van der Waals surface area contributed by atoms with Crippen molar-refractivity contribution in [1.29, 1.82) is 0 Å². The van der Waals surface area contributed by atoms with Gasteiger partial charge in [0, 0.05) is 19.7 Å². The molecule has 0 spiro atoms. The molecule has 0 saturated heterocycles. The molecule has 0 fully saturated rings. The number of nitrogens with zero attached hydrogens (tertiary/aromatic N) is 2. The summed E-state index contributed by atoms with van der Waals surface area (Å²) in [5.74, 6) is 1.36.